The first-order valence-electron chi connectivity index (χ1n) is 4.76. The van der Waals surface area contributed by atoms with Crippen LogP contribution in [0.3, 0.4) is 0 Å². The van der Waals surface area contributed by atoms with E-state index in [1.807, 2.05) is 0 Å². The van der Waals surface area contributed by atoms with Gasteiger partial charge in [0.2, 0.25) is 0 Å². The van der Waals surface area contributed by atoms with Crippen LogP contribution in [0.15, 0.2) is 18.2 Å². The van der Waals surface area contributed by atoms with Crippen LogP contribution in [0.25, 0.3) is 0 Å². The lowest BCUT2D eigenvalue weighted by Gasteiger charge is -2.20. The van der Waals surface area contributed by atoms with Crippen LogP contribution in [-0.2, 0) is 17.6 Å². The van der Waals surface area contributed by atoms with Crippen LogP contribution in [0, 0.1) is 6.92 Å². The van der Waals surface area contributed by atoms with E-state index in [1.54, 1.807) is 7.11 Å². The second-order valence-electron chi connectivity index (χ2n) is 4.28. The zero-order valence-electron chi connectivity index (χ0n) is 8.55. The summed E-state index contributed by atoms with van der Waals surface area (Å²) in [5.74, 6) is 0. The van der Waals surface area contributed by atoms with Gasteiger partial charge in [-0.2, -0.15) is 0 Å². The molecule has 0 amide bonds. The summed E-state index contributed by atoms with van der Waals surface area (Å²) >= 11 is 0. The minimum Gasteiger partial charge on any atom is -0.378 e. The predicted octanol–water partition coefficient (Wildman–Crippen LogP) is 2.50. The summed E-state index contributed by atoms with van der Waals surface area (Å²) in [6.45, 7) is 4.32. The van der Waals surface area contributed by atoms with Gasteiger partial charge in [-0.25, -0.2) is 0 Å². The zero-order valence-corrected chi connectivity index (χ0v) is 8.55. The van der Waals surface area contributed by atoms with Crippen molar-refractivity contribution in [2.45, 2.75) is 32.3 Å². The van der Waals surface area contributed by atoms with E-state index in [1.165, 1.54) is 16.7 Å². The Balaban J connectivity index is 2.35. The Kier molecular flexibility index (Phi) is 1.92. The van der Waals surface area contributed by atoms with Crippen molar-refractivity contribution in [2.24, 2.45) is 0 Å². The van der Waals surface area contributed by atoms with Crippen molar-refractivity contribution in [1.82, 2.24) is 0 Å². The first kappa shape index (κ1) is 8.76. The molecule has 0 bridgehead atoms. The molecular weight excluding hydrogens is 160 g/mol. The maximum absolute atomic E-state index is 5.52. The monoisotopic (exact) mass is 176 g/mol. The van der Waals surface area contributed by atoms with Gasteiger partial charge in [0.25, 0.3) is 0 Å². The highest BCUT2D eigenvalue weighted by Gasteiger charge is 2.32. The standard InChI is InChI=1S/C12H16O/c1-9-4-5-10-7-12(2,13-3)8-11(10)6-9/h4-6H,7-8H2,1-3H3. The Bertz CT molecular complexity index is 330. The average Bonchev–Trinajstić information content (AvgIpc) is 2.42. The van der Waals surface area contributed by atoms with E-state index in [-0.39, 0.29) is 5.60 Å². The SMILES string of the molecule is COC1(C)Cc2ccc(C)cc2C1. The molecule has 0 N–H and O–H groups in total. The third-order valence-corrected chi connectivity index (χ3v) is 2.98. The summed E-state index contributed by atoms with van der Waals surface area (Å²) in [5.41, 5.74) is 4.30. The number of hydrogen-bond donors (Lipinski definition) is 0. The van der Waals surface area contributed by atoms with E-state index in [0.717, 1.165) is 12.8 Å². The molecule has 70 valence electrons. The molecule has 0 aliphatic heterocycles. The van der Waals surface area contributed by atoms with Crippen molar-refractivity contribution in [1.29, 1.82) is 0 Å². The highest BCUT2D eigenvalue weighted by atomic mass is 16.5. The Morgan fingerprint density at radius 1 is 1.23 bits per heavy atom. The Morgan fingerprint density at radius 3 is 2.62 bits per heavy atom. The van der Waals surface area contributed by atoms with Crippen LogP contribution < -0.4 is 0 Å². The van der Waals surface area contributed by atoms with Crippen molar-refractivity contribution in [3.05, 3.63) is 34.9 Å². The second-order valence-corrected chi connectivity index (χ2v) is 4.28. The van der Waals surface area contributed by atoms with Crippen LogP contribution in [-0.4, -0.2) is 12.7 Å². The van der Waals surface area contributed by atoms with E-state index >= 15 is 0 Å². The molecule has 1 aromatic carbocycles. The topological polar surface area (TPSA) is 9.23 Å². The van der Waals surface area contributed by atoms with Crippen LogP contribution in [0.4, 0.5) is 0 Å². The number of ether oxygens (including phenoxy) is 1. The van der Waals surface area contributed by atoms with Gasteiger partial charge in [0, 0.05) is 20.0 Å². The van der Waals surface area contributed by atoms with Gasteiger partial charge >= 0.3 is 0 Å². The fourth-order valence-electron chi connectivity index (χ4n) is 2.10. The molecule has 1 unspecified atom stereocenters. The van der Waals surface area contributed by atoms with E-state index < -0.39 is 0 Å². The summed E-state index contributed by atoms with van der Waals surface area (Å²) in [5, 5.41) is 0. The summed E-state index contributed by atoms with van der Waals surface area (Å²) in [6.07, 6.45) is 2.11. The highest BCUT2D eigenvalue weighted by molar-refractivity contribution is 5.37. The molecule has 0 saturated carbocycles. The molecule has 0 fully saturated rings. The van der Waals surface area contributed by atoms with Crippen molar-refractivity contribution in [2.75, 3.05) is 7.11 Å². The molecule has 0 saturated heterocycles. The van der Waals surface area contributed by atoms with E-state index in [9.17, 15) is 0 Å². The van der Waals surface area contributed by atoms with Gasteiger partial charge in [0.15, 0.2) is 0 Å². The molecule has 1 aliphatic rings. The Hall–Kier alpha value is -0.820. The minimum absolute atomic E-state index is 0.0378. The first-order chi connectivity index (χ1) is 6.13. The van der Waals surface area contributed by atoms with Gasteiger partial charge in [-0.3, -0.25) is 0 Å². The van der Waals surface area contributed by atoms with Gasteiger partial charge in [0.05, 0.1) is 5.60 Å². The fourth-order valence-corrected chi connectivity index (χ4v) is 2.10. The number of methoxy groups -OCH3 is 1. The zero-order chi connectivity index (χ0) is 9.47. The lowest BCUT2D eigenvalue weighted by Crippen LogP contribution is -2.27. The number of benzene rings is 1. The quantitative estimate of drug-likeness (QED) is 0.639. The van der Waals surface area contributed by atoms with Crippen LogP contribution >= 0.6 is 0 Å². The number of rotatable bonds is 1. The molecule has 13 heavy (non-hydrogen) atoms. The molecule has 1 aromatic rings. The molecule has 0 spiro atoms. The Labute approximate surface area is 79.7 Å². The van der Waals surface area contributed by atoms with E-state index in [2.05, 4.69) is 32.0 Å². The van der Waals surface area contributed by atoms with Crippen molar-refractivity contribution in [3.8, 4) is 0 Å². The van der Waals surface area contributed by atoms with Gasteiger partial charge in [0.1, 0.15) is 0 Å². The number of fused-ring (bicyclic) bond motifs is 1. The molecule has 0 aromatic heterocycles. The highest BCUT2D eigenvalue weighted by Crippen LogP contribution is 2.32. The first-order valence-corrected chi connectivity index (χ1v) is 4.76. The second kappa shape index (κ2) is 2.85. The van der Waals surface area contributed by atoms with Crippen LogP contribution in [0.5, 0.6) is 0 Å². The molecule has 1 atom stereocenters. The van der Waals surface area contributed by atoms with E-state index in [0.29, 0.717) is 0 Å². The maximum Gasteiger partial charge on any atom is 0.0731 e. The lowest BCUT2D eigenvalue weighted by atomic mass is 10.0. The summed E-state index contributed by atoms with van der Waals surface area (Å²) in [7, 11) is 1.80. The molecule has 1 aliphatic carbocycles. The molecule has 2 rings (SSSR count). The fraction of sp³-hybridized carbons (Fsp3) is 0.500. The van der Waals surface area contributed by atoms with Crippen molar-refractivity contribution in [3.63, 3.8) is 0 Å². The predicted molar refractivity (Wildman–Crippen MR) is 54.0 cm³/mol. The van der Waals surface area contributed by atoms with Crippen molar-refractivity contribution < 1.29 is 4.74 Å². The van der Waals surface area contributed by atoms with E-state index in [4.69, 9.17) is 4.74 Å². The van der Waals surface area contributed by atoms with Gasteiger partial charge in [-0.15, -0.1) is 0 Å². The lowest BCUT2D eigenvalue weighted by molar-refractivity contribution is 0.0156. The average molecular weight is 176 g/mol. The van der Waals surface area contributed by atoms with Gasteiger partial charge < -0.3 is 4.74 Å². The van der Waals surface area contributed by atoms with Crippen LogP contribution in [0.2, 0.25) is 0 Å². The smallest absolute Gasteiger partial charge is 0.0731 e. The summed E-state index contributed by atoms with van der Waals surface area (Å²) in [6, 6.07) is 6.69. The molecule has 1 nitrogen and oxygen atoms in total. The molecular formula is C12H16O. The third-order valence-electron chi connectivity index (χ3n) is 2.98. The maximum atomic E-state index is 5.52. The Morgan fingerprint density at radius 2 is 1.92 bits per heavy atom. The molecule has 0 heterocycles. The minimum atomic E-state index is 0.0378. The molecule has 0 radical (unpaired) electrons. The number of hydrogen-bond acceptors (Lipinski definition) is 1. The number of aryl methyl sites for hydroxylation is 1. The van der Waals surface area contributed by atoms with Gasteiger partial charge in [-0.1, -0.05) is 23.8 Å². The summed E-state index contributed by atoms with van der Waals surface area (Å²) in [4.78, 5) is 0. The summed E-state index contributed by atoms with van der Waals surface area (Å²) < 4.78 is 5.52. The van der Waals surface area contributed by atoms with Crippen molar-refractivity contribution >= 4 is 0 Å². The molecule has 1 heteroatoms. The normalized spacial score (nSPS) is 26.1. The van der Waals surface area contributed by atoms with Gasteiger partial charge in [-0.05, 0) is 25.0 Å². The third kappa shape index (κ3) is 1.49. The largest absolute Gasteiger partial charge is 0.378 e. The van der Waals surface area contributed by atoms with Crippen LogP contribution in [0.1, 0.15) is 23.6 Å².